The number of phosphoric ester groups is 1. The fourth-order valence-corrected chi connectivity index (χ4v) is 5.25. The number of carbonyl (C=O) groups is 3. The van der Waals surface area contributed by atoms with Crippen molar-refractivity contribution in [1.29, 1.82) is 0 Å². The molecule has 2 unspecified atom stereocenters. The molecule has 0 saturated heterocycles. The Bertz CT molecular complexity index is 976. The Kier molecular flexibility index (Phi) is 28.4. The van der Waals surface area contributed by atoms with E-state index in [2.05, 4.69) is 6.92 Å². The fourth-order valence-electron chi connectivity index (χ4n) is 4.53. The van der Waals surface area contributed by atoms with Crippen LogP contribution in [0.25, 0.3) is 0 Å². The number of unbranched alkanes of at least 4 members (excludes halogenated alkanes) is 12. The molecule has 0 spiro atoms. The van der Waals surface area contributed by atoms with E-state index in [-0.39, 0.29) is 32.5 Å². The van der Waals surface area contributed by atoms with E-state index in [1.54, 1.807) is 30.4 Å². The third-order valence-corrected chi connectivity index (χ3v) is 8.34. The van der Waals surface area contributed by atoms with Gasteiger partial charge in [-0.05, 0) is 25.3 Å². The second-order valence-electron chi connectivity index (χ2n) is 13.1. The number of esters is 2. The first-order chi connectivity index (χ1) is 22.9. The smallest absolute Gasteiger partial charge is 0.306 e. The Morgan fingerprint density at radius 3 is 1.88 bits per heavy atom. The van der Waals surface area contributed by atoms with E-state index >= 15 is 0 Å². The molecule has 0 aromatic rings. The Hall–Kier alpha value is -2.14. The highest BCUT2D eigenvalue weighted by atomic mass is 31.2. The van der Waals surface area contributed by atoms with Gasteiger partial charge >= 0.3 is 11.9 Å². The number of allylic oxidation sites excluding steroid dienone is 5. The van der Waals surface area contributed by atoms with Crippen LogP contribution >= 0.6 is 7.82 Å². The molecule has 0 fully saturated rings. The molecule has 3 atom stereocenters. The number of nitrogens with zero attached hydrogens (tertiary/aromatic N) is 1. The molecule has 0 saturated carbocycles. The summed E-state index contributed by atoms with van der Waals surface area (Å²) in [4.78, 5) is 47.4. The Balaban J connectivity index is 4.60. The van der Waals surface area contributed by atoms with Gasteiger partial charge in [-0.2, -0.15) is 0 Å². The molecule has 0 aliphatic rings. The minimum absolute atomic E-state index is 0.0404. The summed E-state index contributed by atoms with van der Waals surface area (Å²) >= 11 is 0. The summed E-state index contributed by atoms with van der Waals surface area (Å²) in [6.07, 6.45) is 24.4. The minimum atomic E-state index is -4.68. The number of hydrogen-bond donors (Lipinski definition) is 1. The molecule has 0 heterocycles. The SMILES string of the molecule is CCCCCCCCCCCCCCCC(=O)OC[C@H](COP(=O)([O-])OCC[N+](C)(C)C)OC(=O)CCCC(O)C=CC=CC=CC=O. The lowest BCUT2D eigenvalue weighted by molar-refractivity contribution is -0.870. The molecule has 48 heavy (non-hydrogen) atoms. The molecule has 0 bridgehead atoms. The predicted molar refractivity (Wildman–Crippen MR) is 187 cm³/mol. The second kappa shape index (κ2) is 29.7. The largest absolute Gasteiger partial charge is 0.756 e. The normalized spacial score (nSPS) is 14.8. The Labute approximate surface area is 289 Å². The zero-order chi connectivity index (χ0) is 35.9. The van der Waals surface area contributed by atoms with E-state index in [0.29, 0.717) is 30.2 Å². The van der Waals surface area contributed by atoms with Crippen LogP contribution in [0.5, 0.6) is 0 Å². The van der Waals surface area contributed by atoms with E-state index in [1.165, 1.54) is 63.9 Å². The van der Waals surface area contributed by atoms with Gasteiger partial charge in [-0.3, -0.25) is 18.9 Å². The number of aliphatic hydroxyl groups is 1. The first-order valence-corrected chi connectivity index (χ1v) is 19.2. The number of hydrogen-bond acceptors (Lipinski definition) is 10. The summed E-state index contributed by atoms with van der Waals surface area (Å²) in [5.41, 5.74) is 0. The van der Waals surface area contributed by atoms with Gasteiger partial charge in [0, 0.05) is 12.8 Å². The number of rotatable bonds is 32. The average molecular weight is 702 g/mol. The van der Waals surface area contributed by atoms with E-state index in [0.717, 1.165) is 19.3 Å². The monoisotopic (exact) mass is 701 g/mol. The van der Waals surface area contributed by atoms with Crippen LogP contribution in [0.15, 0.2) is 36.5 Å². The molecule has 0 radical (unpaired) electrons. The van der Waals surface area contributed by atoms with Crippen molar-refractivity contribution in [2.24, 2.45) is 0 Å². The van der Waals surface area contributed by atoms with Crippen molar-refractivity contribution in [3.05, 3.63) is 36.5 Å². The summed E-state index contributed by atoms with van der Waals surface area (Å²) in [5.74, 6) is -1.09. The average Bonchev–Trinajstić information content (AvgIpc) is 3.01. The highest BCUT2D eigenvalue weighted by molar-refractivity contribution is 7.45. The van der Waals surface area contributed by atoms with Crippen molar-refractivity contribution >= 4 is 26.0 Å². The van der Waals surface area contributed by atoms with Gasteiger partial charge in [0.05, 0.1) is 33.9 Å². The summed E-state index contributed by atoms with van der Waals surface area (Å²) in [6.45, 7) is 1.68. The van der Waals surface area contributed by atoms with Crippen LogP contribution in [0.4, 0.5) is 0 Å². The minimum Gasteiger partial charge on any atom is -0.756 e. The third-order valence-electron chi connectivity index (χ3n) is 7.38. The van der Waals surface area contributed by atoms with Gasteiger partial charge in [0.15, 0.2) is 6.10 Å². The maximum atomic E-state index is 12.5. The fraction of sp³-hybridized carbons (Fsp3) is 0.750. The highest BCUT2D eigenvalue weighted by Gasteiger charge is 2.22. The molecule has 0 aromatic carbocycles. The van der Waals surface area contributed by atoms with Crippen LogP contribution in [0.2, 0.25) is 0 Å². The second-order valence-corrected chi connectivity index (χ2v) is 14.5. The van der Waals surface area contributed by atoms with Crippen molar-refractivity contribution in [2.45, 2.75) is 128 Å². The van der Waals surface area contributed by atoms with Gasteiger partial charge in [0.25, 0.3) is 7.82 Å². The first-order valence-electron chi connectivity index (χ1n) is 17.8. The van der Waals surface area contributed by atoms with Crippen LogP contribution < -0.4 is 4.89 Å². The maximum Gasteiger partial charge on any atom is 0.306 e. The molecular formula is C36H64NO10P. The predicted octanol–water partition coefficient (Wildman–Crippen LogP) is 6.53. The van der Waals surface area contributed by atoms with E-state index in [9.17, 15) is 28.9 Å². The molecule has 0 rings (SSSR count). The van der Waals surface area contributed by atoms with Crippen LogP contribution in [0, 0.1) is 0 Å². The molecule has 0 aromatic heterocycles. The summed E-state index contributed by atoms with van der Waals surface area (Å²) in [7, 11) is 0.997. The van der Waals surface area contributed by atoms with Crippen molar-refractivity contribution in [1.82, 2.24) is 0 Å². The van der Waals surface area contributed by atoms with E-state index in [4.69, 9.17) is 18.5 Å². The van der Waals surface area contributed by atoms with E-state index in [1.807, 2.05) is 21.1 Å². The van der Waals surface area contributed by atoms with Gasteiger partial charge in [0.1, 0.15) is 26.0 Å². The lowest BCUT2D eigenvalue weighted by Gasteiger charge is -2.28. The number of aldehydes is 1. The van der Waals surface area contributed by atoms with Gasteiger partial charge in [-0.15, -0.1) is 0 Å². The molecule has 278 valence electrons. The van der Waals surface area contributed by atoms with Gasteiger partial charge in [-0.25, -0.2) is 0 Å². The van der Waals surface area contributed by atoms with Crippen molar-refractivity contribution in [2.75, 3.05) is 47.5 Å². The Morgan fingerprint density at radius 2 is 1.29 bits per heavy atom. The van der Waals surface area contributed by atoms with Crippen molar-refractivity contribution < 1.29 is 52.0 Å². The van der Waals surface area contributed by atoms with Crippen molar-refractivity contribution in [3.63, 3.8) is 0 Å². The van der Waals surface area contributed by atoms with Gasteiger partial charge in [-0.1, -0.05) is 114 Å². The molecule has 11 nitrogen and oxygen atoms in total. The lowest BCUT2D eigenvalue weighted by Crippen LogP contribution is -2.37. The third kappa shape index (κ3) is 32.4. The number of carbonyl (C=O) groups excluding carboxylic acids is 3. The van der Waals surface area contributed by atoms with Crippen LogP contribution in [-0.2, 0) is 37.5 Å². The van der Waals surface area contributed by atoms with Crippen LogP contribution in [-0.4, -0.2) is 87.5 Å². The standard InChI is InChI=1S/C36H64NO10P/c1-5-6-7-8-9-10-11-12-13-14-15-18-21-26-35(40)44-31-34(32-46-48(42,43)45-30-28-37(2,3)4)47-36(41)27-23-25-33(39)24-20-17-16-19-22-29-38/h16-17,19-20,22,24,29,33-34,39H,5-15,18,21,23,25-28,30-32H2,1-4H3/t33?,34-/m1/s1. The molecule has 0 amide bonds. The molecule has 1 N–H and O–H groups in total. The van der Waals surface area contributed by atoms with Crippen LogP contribution in [0.3, 0.4) is 0 Å². The number of aliphatic hydroxyl groups excluding tert-OH is 1. The lowest BCUT2D eigenvalue weighted by atomic mass is 10.0. The number of ether oxygens (including phenoxy) is 2. The summed E-state index contributed by atoms with van der Waals surface area (Å²) < 4.78 is 33.4. The van der Waals surface area contributed by atoms with E-state index < -0.39 is 38.6 Å². The molecule has 12 heteroatoms. The quantitative estimate of drug-likeness (QED) is 0.0156. The highest BCUT2D eigenvalue weighted by Crippen LogP contribution is 2.38. The zero-order valence-electron chi connectivity index (χ0n) is 30.1. The zero-order valence-corrected chi connectivity index (χ0v) is 31.0. The summed E-state index contributed by atoms with van der Waals surface area (Å²) in [6, 6.07) is 0. The molecule has 0 aliphatic carbocycles. The van der Waals surface area contributed by atoms with Crippen LogP contribution in [0.1, 0.15) is 116 Å². The van der Waals surface area contributed by atoms with Gasteiger partial charge < -0.3 is 33.0 Å². The van der Waals surface area contributed by atoms with Gasteiger partial charge in [0.2, 0.25) is 0 Å². The number of likely N-dealkylation sites (N-methyl/N-ethyl adjacent to an activating group) is 1. The van der Waals surface area contributed by atoms with Crippen molar-refractivity contribution in [3.8, 4) is 0 Å². The molecule has 0 aliphatic heterocycles. The molecular weight excluding hydrogens is 637 g/mol. The Morgan fingerprint density at radius 1 is 0.750 bits per heavy atom. The number of quaternary nitrogens is 1. The topological polar surface area (TPSA) is 148 Å². The number of phosphoric acid groups is 1. The maximum absolute atomic E-state index is 12.5. The summed E-state index contributed by atoms with van der Waals surface area (Å²) in [5, 5.41) is 10.1. The first kappa shape index (κ1) is 45.9.